The topological polar surface area (TPSA) is 39.1 Å². The quantitative estimate of drug-likeness (QED) is 0.882. The molecule has 0 saturated heterocycles. The van der Waals surface area contributed by atoms with E-state index in [1.54, 1.807) is 30.2 Å². The number of alkyl halides is 3. The van der Waals surface area contributed by atoms with Crippen LogP contribution in [0.3, 0.4) is 0 Å². The molecule has 0 saturated carbocycles. The van der Waals surface area contributed by atoms with Crippen molar-refractivity contribution in [3.05, 3.63) is 40.6 Å². The van der Waals surface area contributed by atoms with Crippen LogP contribution in [-0.4, -0.2) is 16.1 Å². The first-order valence-corrected chi connectivity index (χ1v) is 6.84. The van der Waals surface area contributed by atoms with Gasteiger partial charge >= 0.3 is 6.36 Å². The zero-order chi connectivity index (χ0) is 15.6. The van der Waals surface area contributed by atoms with Gasteiger partial charge in [-0.05, 0) is 25.1 Å². The van der Waals surface area contributed by atoms with E-state index in [1.165, 1.54) is 12.1 Å². The fraction of sp³-hybridized carbons (Fsp3) is 0.308. The Morgan fingerprint density at radius 3 is 2.67 bits per heavy atom. The number of benzene rings is 1. The molecule has 0 aliphatic rings. The van der Waals surface area contributed by atoms with E-state index in [2.05, 4.69) is 31.1 Å². The van der Waals surface area contributed by atoms with Crippen LogP contribution in [0.25, 0.3) is 0 Å². The normalized spacial score (nSPS) is 13.0. The lowest BCUT2D eigenvalue weighted by Crippen LogP contribution is -2.18. The first kappa shape index (κ1) is 15.7. The molecule has 1 atom stereocenters. The first-order chi connectivity index (χ1) is 9.74. The lowest BCUT2D eigenvalue weighted by atomic mass is 10.1. The Morgan fingerprint density at radius 2 is 2.10 bits per heavy atom. The molecule has 8 heteroatoms. The summed E-state index contributed by atoms with van der Waals surface area (Å²) in [5, 5.41) is 7.02. The van der Waals surface area contributed by atoms with Crippen LogP contribution in [0.5, 0.6) is 5.75 Å². The minimum absolute atomic E-state index is 0.213. The molecule has 114 valence electrons. The van der Waals surface area contributed by atoms with E-state index in [-0.39, 0.29) is 17.5 Å². The van der Waals surface area contributed by atoms with Gasteiger partial charge in [0.05, 0.1) is 17.9 Å². The Hall–Kier alpha value is -1.70. The zero-order valence-electron chi connectivity index (χ0n) is 11.3. The van der Waals surface area contributed by atoms with Crippen LogP contribution < -0.4 is 10.1 Å². The van der Waals surface area contributed by atoms with E-state index < -0.39 is 6.36 Å². The molecule has 1 aromatic heterocycles. The Balaban J connectivity index is 2.22. The molecule has 0 aliphatic carbocycles. The smallest absolute Gasteiger partial charge is 0.404 e. The summed E-state index contributed by atoms with van der Waals surface area (Å²) in [7, 11) is 1.77. The number of ether oxygens (including phenoxy) is 1. The number of anilines is 1. The molecule has 1 aromatic carbocycles. The summed E-state index contributed by atoms with van der Waals surface area (Å²) < 4.78 is 43.5. The second-order valence-corrected chi connectivity index (χ2v) is 5.42. The highest BCUT2D eigenvalue weighted by molar-refractivity contribution is 9.10. The Kier molecular flexibility index (Phi) is 4.46. The highest BCUT2D eigenvalue weighted by Crippen LogP contribution is 2.34. The molecule has 0 amide bonds. The first-order valence-electron chi connectivity index (χ1n) is 6.05. The molecule has 0 aliphatic heterocycles. The van der Waals surface area contributed by atoms with Crippen molar-refractivity contribution < 1.29 is 17.9 Å². The molecule has 4 nitrogen and oxygen atoms in total. The van der Waals surface area contributed by atoms with Crippen LogP contribution >= 0.6 is 15.9 Å². The maximum Gasteiger partial charge on any atom is 0.573 e. The Morgan fingerprint density at radius 1 is 1.38 bits per heavy atom. The molecule has 2 rings (SSSR count). The largest absolute Gasteiger partial charge is 0.573 e. The van der Waals surface area contributed by atoms with Crippen LogP contribution in [0.4, 0.5) is 18.9 Å². The third-order valence-electron chi connectivity index (χ3n) is 2.77. The predicted octanol–water partition coefficient (Wildman–Crippen LogP) is 4.25. The van der Waals surface area contributed by atoms with Gasteiger partial charge in [0.15, 0.2) is 5.75 Å². The van der Waals surface area contributed by atoms with Gasteiger partial charge in [-0.1, -0.05) is 15.9 Å². The molecule has 1 heterocycles. The van der Waals surface area contributed by atoms with Crippen molar-refractivity contribution in [2.75, 3.05) is 5.32 Å². The van der Waals surface area contributed by atoms with E-state index in [0.717, 1.165) is 5.56 Å². The number of nitrogens with zero attached hydrogens (tertiary/aromatic N) is 2. The molecule has 0 spiro atoms. The lowest BCUT2D eigenvalue weighted by Gasteiger charge is -2.18. The number of halogens is 4. The van der Waals surface area contributed by atoms with Crippen LogP contribution in [-0.2, 0) is 7.05 Å². The number of nitrogens with one attached hydrogen (secondary N) is 1. The summed E-state index contributed by atoms with van der Waals surface area (Å²) in [6.45, 7) is 1.83. The zero-order valence-corrected chi connectivity index (χ0v) is 12.9. The van der Waals surface area contributed by atoms with E-state index in [4.69, 9.17) is 0 Å². The summed E-state index contributed by atoms with van der Waals surface area (Å²) in [5.41, 5.74) is 1.12. The van der Waals surface area contributed by atoms with Gasteiger partial charge in [0.25, 0.3) is 0 Å². The average molecular weight is 364 g/mol. The lowest BCUT2D eigenvalue weighted by molar-refractivity contribution is -0.274. The van der Waals surface area contributed by atoms with Gasteiger partial charge in [0.2, 0.25) is 0 Å². The van der Waals surface area contributed by atoms with Crippen molar-refractivity contribution in [1.82, 2.24) is 9.78 Å². The van der Waals surface area contributed by atoms with Gasteiger partial charge in [-0.3, -0.25) is 4.68 Å². The van der Waals surface area contributed by atoms with Crippen molar-refractivity contribution in [2.45, 2.75) is 19.3 Å². The number of rotatable bonds is 4. The molecule has 2 aromatic rings. The van der Waals surface area contributed by atoms with Gasteiger partial charge in [0, 0.05) is 23.3 Å². The highest BCUT2D eigenvalue weighted by atomic mass is 79.9. The predicted molar refractivity (Wildman–Crippen MR) is 76.1 cm³/mol. The monoisotopic (exact) mass is 363 g/mol. The SMILES string of the molecule is CC(Nc1ccc(Br)cc1OC(F)(F)F)c1cnn(C)c1. The van der Waals surface area contributed by atoms with E-state index in [0.29, 0.717) is 4.47 Å². The van der Waals surface area contributed by atoms with Crippen LogP contribution in [0.1, 0.15) is 18.5 Å². The standard InChI is InChI=1S/C13H13BrF3N3O/c1-8(9-6-18-20(2)7-9)19-11-4-3-10(14)5-12(11)21-13(15,16)17/h3-8,19H,1-2H3. The second-order valence-electron chi connectivity index (χ2n) is 4.50. The minimum atomic E-state index is -4.74. The van der Waals surface area contributed by atoms with Gasteiger partial charge in [-0.2, -0.15) is 5.10 Å². The van der Waals surface area contributed by atoms with Gasteiger partial charge < -0.3 is 10.1 Å². The summed E-state index contributed by atoms with van der Waals surface area (Å²) in [5.74, 6) is -0.285. The fourth-order valence-electron chi connectivity index (χ4n) is 1.80. The van der Waals surface area contributed by atoms with Gasteiger partial charge in [-0.15, -0.1) is 13.2 Å². The van der Waals surface area contributed by atoms with Crippen molar-refractivity contribution in [2.24, 2.45) is 7.05 Å². The maximum atomic E-state index is 12.4. The Labute approximate surface area is 128 Å². The van der Waals surface area contributed by atoms with Crippen molar-refractivity contribution in [1.29, 1.82) is 0 Å². The third kappa shape index (κ3) is 4.38. The van der Waals surface area contributed by atoms with Crippen molar-refractivity contribution >= 4 is 21.6 Å². The second kappa shape index (κ2) is 5.97. The summed E-state index contributed by atoms with van der Waals surface area (Å²) >= 11 is 3.13. The van der Waals surface area contributed by atoms with Crippen LogP contribution in [0.15, 0.2) is 35.1 Å². The van der Waals surface area contributed by atoms with E-state index >= 15 is 0 Å². The third-order valence-corrected chi connectivity index (χ3v) is 3.26. The Bertz CT molecular complexity index is 627. The van der Waals surface area contributed by atoms with E-state index in [9.17, 15) is 13.2 Å². The number of hydrogen-bond acceptors (Lipinski definition) is 3. The molecular formula is C13H13BrF3N3O. The number of aromatic nitrogens is 2. The molecule has 1 N–H and O–H groups in total. The number of aryl methyl sites for hydroxylation is 1. The molecule has 0 radical (unpaired) electrons. The minimum Gasteiger partial charge on any atom is -0.404 e. The summed E-state index contributed by atoms with van der Waals surface area (Å²) in [6, 6.07) is 4.22. The van der Waals surface area contributed by atoms with Gasteiger partial charge in [0.1, 0.15) is 0 Å². The van der Waals surface area contributed by atoms with Crippen molar-refractivity contribution in [3.8, 4) is 5.75 Å². The maximum absolute atomic E-state index is 12.4. The molecule has 0 fully saturated rings. The highest BCUT2D eigenvalue weighted by Gasteiger charge is 2.32. The van der Waals surface area contributed by atoms with E-state index in [1.807, 2.05) is 6.92 Å². The number of hydrogen-bond donors (Lipinski definition) is 1. The molecule has 21 heavy (non-hydrogen) atoms. The summed E-state index contributed by atoms with van der Waals surface area (Å²) in [4.78, 5) is 0. The average Bonchev–Trinajstić information content (AvgIpc) is 2.77. The molecule has 0 bridgehead atoms. The molecular weight excluding hydrogens is 351 g/mol. The molecule has 1 unspecified atom stereocenters. The van der Waals surface area contributed by atoms with Crippen LogP contribution in [0, 0.1) is 0 Å². The summed E-state index contributed by atoms with van der Waals surface area (Å²) in [6.07, 6.45) is -1.30. The van der Waals surface area contributed by atoms with Crippen LogP contribution in [0.2, 0.25) is 0 Å². The fourth-order valence-corrected chi connectivity index (χ4v) is 2.14. The van der Waals surface area contributed by atoms with Gasteiger partial charge in [-0.25, -0.2) is 0 Å². The van der Waals surface area contributed by atoms with Crippen molar-refractivity contribution in [3.63, 3.8) is 0 Å².